The molecule has 1 heterocycles. The van der Waals surface area contributed by atoms with Crippen LogP contribution >= 0.6 is 11.6 Å². The summed E-state index contributed by atoms with van der Waals surface area (Å²) in [6.45, 7) is 0. The van der Waals surface area contributed by atoms with Crippen molar-refractivity contribution in [2.45, 2.75) is 4.90 Å². The van der Waals surface area contributed by atoms with E-state index in [2.05, 4.69) is 10.2 Å². The van der Waals surface area contributed by atoms with Gasteiger partial charge < -0.3 is 4.55 Å². The maximum atomic E-state index is 13.1. The number of aromatic amines is 1. The zero-order valence-corrected chi connectivity index (χ0v) is 15.6. The zero-order valence-electron chi connectivity index (χ0n) is 12.0. The molecular formula is C15H9ClFN2NaO2S. The van der Waals surface area contributed by atoms with Crippen molar-refractivity contribution >= 4 is 22.7 Å². The van der Waals surface area contributed by atoms with E-state index in [0.29, 0.717) is 27.5 Å². The zero-order chi connectivity index (χ0) is 15.7. The molecule has 23 heavy (non-hydrogen) atoms. The Morgan fingerprint density at radius 2 is 1.61 bits per heavy atom. The maximum absolute atomic E-state index is 13.1. The van der Waals surface area contributed by atoms with Crippen LogP contribution in [0.1, 0.15) is 0 Å². The van der Waals surface area contributed by atoms with E-state index in [0.717, 1.165) is 0 Å². The number of benzene rings is 2. The van der Waals surface area contributed by atoms with Crippen LogP contribution in [0.25, 0.3) is 22.4 Å². The fourth-order valence-electron chi connectivity index (χ4n) is 2.13. The summed E-state index contributed by atoms with van der Waals surface area (Å²) in [5.74, 6) is -0.341. The predicted molar refractivity (Wildman–Crippen MR) is 81.6 cm³/mol. The molecule has 2 aromatic carbocycles. The number of nitrogens with one attached hydrogen (secondary N) is 1. The topological polar surface area (TPSA) is 68.8 Å². The molecule has 3 rings (SSSR count). The van der Waals surface area contributed by atoms with E-state index in [1.165, 1.54) is 24.3 Å². The van der Waals surface area contributed by atoms with Crippen LogP contribution < -0.4 is 29.6 Å². The van der Waals surface area contributed by atoms with Gasteiger partial charge in [0.25, 0.3) is 0 Å². The quantitative estimate of drug-likeness (QED) is 0.555. The first-order valence-corrected chi connectivity index (χ1v) is 7.71. The Bertz CT molecular complexity index is 838. The minimum Gasteiger partial charge on any atom is -0.768 e. The van der Waals surface area contributed by atoms with Crippen molar-refractivity contribution < 1.29 is 42.7 Å². The molecule has 0 saturated carbocycles. The Kier molecular flexibility index (Phi) is 6.13. The number of aromatic nitrogens is 2. The SMILES string of the molecule is O=S([O-])c1ccc(-c2n[nH]c(Cl)c2-c2ccc(F)cc2)cc1.[Na+]. The summed E-state index contributed by atoms with van der Waals surface area (Å²) in [5.41, 5.74) is 2.63. The van der Waals surface area contributed by atoms with Crippen LogP contribution in [0.4, 0.5) is 4.39 Å². The standard InChI is InChI=1S/C15H10ClFN2O2S.Na/c16-15-13(9-1-5-11(17)6-2-9)14(18-19-15)10-3-7-12(8-4-10)22(20)21;/h1-8H,(H,18,19)(H,20,21);/q;+1/p-1. The summed E-state index contributed by atoms with van der Waals surface area (Å²) < 4.78 is 34.8. The van der Waals surface area contributed by atoms with Crippen molar-refractivity contribution in [3.63, 3.8) is 0 Å². The Labute approximate surface area is 161 Å². The van der Waals surface area contributed by atoms with Crippen LogP contribution in [-0.2, 0) is 11.1 Å². The van der Waals surface area contributed by atoms with E-state index >= 15 is 0 Å². The molecular weight excluding hydrogens is 350 g/mol. The van der Waals surface area contributed by atoms with E-state index in [-0.39, 0.29) is 40.3 Å². The molecule has 1 N–H and O–H groups in total. The molecule has 1 atom stereocenters. The summed E-state index contributed by atoms with van der Waals surface area (Å²) >= 11 is 3.86. The van der Waals surface area contributed by atoms with Gasteiger partial charge in [-0.2, -0.15) is 5.10 Å². The Balaban J connectivity index is 0.00000192. The largest absolute Gasteiger partial charge is 1.00 e. The molecule has 1 aromatic heterocycles. The molecule has 0 bridgehead atoms. The summed E-state index contributed by atoms with van der Waals surface area (Å²) in [4.78, 5) is 0.189. The monoisotopic (exact) mass is 358 g/mol. The van der Waals surface area contributed by atoms with Gasteiger partial charge in [0.15, 0.2) is 0 Å². The van der Waals surface area contributed by atoms with Crippen LogP contribution in [0, 0.1) is 5.82 Å². The molecule has 0 fully saturated rings. The molecule has 112 valence electrons. The maximum Gasteiger partial charge on any atom is 1.00 e. The first-order valence-electron chi connectivity index (χ1n) is 6.26. The number of rotatable bonds is 3. The second kappa shape index (κ2) is 7.70. The van der Waals surface area contributed by atoms with E-state index in [1.807, 2.05) is 0 Å². The number of nitrogens with zero attached hydrogens (tertiary/aromatic N) is 1. The minimum atomic E-state index is -2.28. The van der Waals surface area contributed by atoms with Crippen molar-refractivity contribution in [3.8, 4) is 22.4 Å². The molecule has 0 amide bonds. The van der Waals surface area contributed by atoms with E-state index in [9.17, 15) is 13.2 Å². The number of halogens is 2. The Hall–Kier alpha value is -1.02. The van der Waals surface area contributed by atoms with Crippen LogP contribution in [0.2, 0.25) is 5.15 Å². The summed E-state index contributed by atoms with van der Waals surface area (Å²) in [6, 6.07) is 12.1. The second-order valence-electron chi connectivity index (χ2n) is 4.53. The average Bonchev–Trinajstić information content (AvgIpc) is 2.90. The molecule has 0 radical (unpaired) electrons. The predicted octanol–water partition coefficient (Wildman–Crippen LogP) is 0.778. The molecule has 0 aliphatic heterocycles. The van der Waals surface area contributed by atoms with Crippen molar-refractivity contribution in [1.29, 1.82) is 0 Å². The van der Waals surface area contributed by atoms with Crippen molar-refractivity contribution in [2.75, 3.05) is 0 Å². The molecule has 0 aliphatic rings. The Morgan fingerprint density at radius 1 is 1.04 bits per heavy atom. The third-order valence-corrected chi connectivity index (χ3v) is 4.11. The van der Waals surface area contributed by atoms with Crippen LogP contribution in [0.5, 0.6) is 0 Å². The molecule has 0 saturated heterocycles. The minimum absolute atomic E-state index is 0. The number of hydrogen-bond donors (Lipinski definition) is 1. The average molecular weight is 359 g/mol. The van der Waals surface area contributed by atoms with Gasteiger partial charge in [0.1, 0.15) is 16.7 Å². The van der Waals surface area contributed by atoms with Gasteiger partial charge in [0, 0.05) is 16.0 Å². The van der Waals surface area contributed by atoms with Gasteiger partial charge in [0.05, 0.1) is 0 Å². The summed E-state index contributed by atoms with van der Waals surface area (Å²) in [5, 5.41) is 7.17. The first kappa shape index (κ1) is 18.3. The van der Waals surface area contributed by atoms with Crippen LogP contribution in [-0.4, -0.2) is 19.0 Å². The first-order chi connectivity index (χ1) is 10.6. The number of H-pyrrole nitrogens is 1. The van der Waals surface area contributed by atoms with Gasteiger partial charge in [-0.15, -0.1) is 0 Å². The third kappa shape index (κ3) is 3.91. The molecule has 0 aliphatic carbocycles. The second-order valence-corrected chi connectivity index (χ2v) is 5.85. The van der Waals surface area contributed by atoms with Crippen molar-refractivity contribution in [1.82, 2.24) is 10.2 Å². The molecule has 3 aromatic rings. The van der Waals surface area contributed by atoms with Gasteiger partial charge in [-0.25, -0.2) is 4.39 Å². The fourth-order valence-corrected chi connectivity index (χ4v) is 2.73. The van der Waals surface area contributed by atoms with Gasteiger partial charge in [-0.1, -0.05) is 35.9 Å². The van der Waals surface area contributed by atoms with E-state index in [1.54, 1.807) is 24.3 Å². The molecule has 1 unspecified atom stereocenters. The van der Waals surface area contributed by atoms with Gasteiger partial charge in [-0.05, 0) is 40.9 Å². The fraction of sp³-hybridized carbons (Fsp3) is 0. The number of hydrogen-bond acceptors (Lipinski definition) is 3. The van der Waals surface area contributed by atoms with Crippen molar-refractivity contribution in [2.24, 2.45) is 0 Å². The molecule has 8 heteroatoms. The van der Waals surface area contributed by atoms with Gasteiger partial charge in [-0.3, -0.25) is 9.31 Å². The van der Waals surface area contributed by atoms with E-state index in [4.69, 9.17) is 11.6 Å². The summed E-state index contributed by atoms with van der Waals surface area (Å²) in [6.07, 6.45) is 0. The van der Waals surface area contributed by atoms with Crippen LogP contribution in [0.3, 0.4) is 0 Å². The Morgan fingerprint density at radius 3 is 2.17 bits per heavy atom. The molecule has 4 nitrogen and oxygen atoms in total. The van der Waals surface area contributed by atoms with Crippen molar-refractivity contribution in [3.05, 3.63) is 59.5 Å². The smallest absolute Gasteiger partial charge is 0.768 e. The van der Waals surface area contributed by atoms with E-state index < -0.39 is 11.1 Å². The third-order valence-electron chi connectivity index (χ3n) is 3.18. The summed E-state index contributed by atoms with van der Waals surface area (Å²) in [7, 11) is 0. The van der Waals surface area contributed by atoms with Crippen LogP contribution in [0.15, 0.2) is 53.4 Å². The normalized spacial score (nSPS) is 11.8. The van der Waals surface area contributed by atoms with Gasteiger partial charge in [0.2, 0.25) is 0 Å². The molecule has 0 spiro atoms. The van der Waals surface area contributed by atoms with Gasteiger partial charge >= 0.3 is 29.6 Å².